The summed E-state index contributed by atoms with van der Waals surface area (Å²) in [6, 6.07) is 0.712. The summed E-state index contributed by atoms with van der Waals surface area (Å²) < 4.78 is 6.08. The Kier molecular flexibility index (Phi) is 4.45. The molecule has 2 unspecified atom stereocenters. The molecular formula is C14H28N2O. The molecule has 0 radical (unpaired) electrons. The fraction of sp³-hybridized carbons (Fsp3) is 1.00. The van der Waals surface area contributed by atoms with Gasteiger partial charge in [0.2, 0.25) is 0 Å². The average Bonchev–Trinajstić information content (AvgIpc) is 2.87. The van der Waals surface area contributed by atoms with Crippen molar-refractivity contribution in [3.05, 3.63) is 0 Å². The SMILES string of the molecule is CCN(CC1CCCN1)CC1CCC(C)(C)O1. The number of hydrogen-bond donors (Lipinski definition) is 1. The van der Waals surface area contributed by atoms with Crippen LogP contribution in [0.3, 0.4) is 0 Å². The second-order valence-corrected chi connectivity index (χ2v) is 6.18. The van der Waals surface area contributed by atoms with Crippen LogP contribution in [0.4, 0.5) is 0 Å². The normalized spacial score (nSPS) is 32.5. The van der Waals surface area contributed by atoms with Gasteiger partial charge in [-0.2, -0.15) is 0 Å². The van der Waals surface area contributed by atoms with Crippen molar-refractivity contribution in [1.29, 1.82) is 0 Å². The van der Waals surface area contributed by atoms with Gasteiger partial charge in [0, 0.05) is 19.1 Å². The van der Waals surface area contributed by atoms with Crippen LogP contribution in [0, 0.1) is 0 Å². The van der Waals surface area contributed by atoms with E-state index in [1.165, 1.54) is 38.8 Å². The minimum absolute atomic E-state index is 0.107. The van der Waals surface area contributed by atoms with Gasteiger partial charge in [0.1, 0.15) is 0 Å². The highest BCUT2D eigenvalue weighted by molar-refractivity contribution is 4.84. The summed E-state index contributed by atoms with van der Waals surface area (Å²) in [5, 5.41) is 3.58. The monoisotopic (exact) mass is 240 g/mol. The van der Waals surface area contributed by atoms with E-state index in [1.807, 2.05) is 0 Å². The first-order chi connectivity index (χ1) is 8.09. The Morgan fingerprint density at radius 3 is 2.65 bits per heavy atom. The minimum Gasteiger partial charge on any atom is -0.371 e. The summed E-state index contributed by atoms with van der Waals surface area (Å²) in [4.78, 5) is 2.55. The zero-order chi connectivity index (χ0) is 12.3. The summed E-state index contributed by atoms with van der Waals surface area (Å²) in [7, 11) is 0. The molecule has 2 aliphatic heterocycles. The average molecular weight is 240 g/mol. The smallest absolute Gasteiger partial charge is 0.0710 e. The molecule has 100 valence electrons. The zero-order valence-electron chi connectivity index (χ0n) is 11.7. The molecule has 1 N–H and O–H groups in total. The van der Waals surface area contributed by atoms with E-state index in [9.17, 15) is 0 Å². The van der Waals surface area contributed by atoms with E-state index in [-0.39, 0.29) is 5.60 Å². The van der Waals surface area contributed by atoms with Crippen LogP contribution in [0.25, 0.3) is 0 Å². The van der Waals surface area contributed by atoms with Gasteiger partial charge >= 0.3 is 0 Å². The van der Waals surface area contributed by atoms with Crippen molar-refractivity contribution < 1.29 is 4.74 Å². The molecule has 0 amide bonds. The van der Waals surface area contributed by atoms with Gasteiger partial charge in [-0.15, -0.1) is 0 Å². The Labute approximate surface area is 106 Å². The molecule has 0 aromatic rings. The molecule has 2 rings (SSSR count). The number of rotatable bonds is 5. The molecule has 3 heteroatoms. The van der Waals surface area contributed by atoms with Gasteiger partial charge in [-0.05, 0) is 52.6 Å². The number of nitrogens with zero attached hydrogens (tertiary/aromatic N) is 1. The van der Waals surface area contributed by atoms with Crippen LogP contribution in [0.2, 0.25) is 0 Å². The van der Waals surface area contributed by atoms with Gasteiger partial charge in [-0.25, -0.2) is 0 Å². The Hall–Kier alpha value is -0.120. The van der Waals surface area contributed by atoms with E-state index in [2.05, 4.69) is 31.0 Å². The molecule has 2 fully saturated rings. The van der Waals surface area contributed by atoms with Gasteiger partial charge in [0.25, 0.3) is 0 Å². The van der Waals surface area contributed by atoms with Crippen molar-refractivity contribution in [3.8, 4) is 0 Å². The Balaban J connectivity index is 1.75. The molecule has 3 nitrogen and oxygen atoms in total. The fourth-order valence-corrected chi connectivity index (χ4v) is 3.05. The number of ether oxygens (including phenoxy) is 1. The third kappa shape index (κ3) is 3.94. The van der Waals surface area contributed by atoms with Crippen molar-refractivity contribution in [2.45, 2.75) is 64.2 Å². The highest BCUT2D eigenvalue weighted by atomic mass is 16.5. The molecule has 0 bridgehead atoms. The summed E-state index contributed by atoms with van der Waals surface area (Å²) in [5.74, 6) is 0. The highest BCUT2D eigenvalue weighted by Crippen LogP contribution is 2.29. The first-order valence-electron chi connectivity index (χ1n) is 7.22. The highest BCUT2D eigenvalue weighted by Gasteiger charge is 2.32. The van der Waals surface area contributed by atoms with Crippen LogP contribution in [0.1, 0.15) is 46.5 Å². The molecule has 2 atom stereocenters. The molecular weight excluding hydrogens is 212 g/mol. The maximum atomic E-state index is 6.08. The van der Waals surface area contributed by atoms with Crippen molar-refractivity contribution in [1.82, 2.24) is 10.2 Å². The summed E-state index contributed by atoms with van der Waals surface area (Å²) >= 11 is 0. The van der Waals surface area contributed by atoms with Gasteiger partial charge in [-0.3, -0.25) is 4.90 Å². The quantitative estimate of drug-likeness (QED) is 0.795. The lowest BCUT2D eigenvalue weighted by atomic mass is 10.1. The molecule has 0 aliphatic carbocycles. The first-order valence-corrected chi connectivity index (χ1v) is 7.22. The molecule has 17 heavy (non-hydrogen) atoms. The van der Waals surface area contributed by atoms with E-state index in [0.29, 0.717) is 12.1 Å². The summed E-state index contributed by atoms with van der Waals surface area (Å²) in [6.45, 7) is 11.3. The molecule has 0 aromatic carbocycles. The topological polar surface area (TPSA) is 24.5 Å². The second-order valence-electron chi connectivity index (χ2n) is 6.18. The van der Waals surface area contributed by atoms with Crippen LogP contribution in [-0.4, -0.2) is 48.8 Å². The van der Waals surface area contributed by atoms with E-state index < -0.39 is 0 Å². The van der Waals surface area contributed by atoms with Gasteiger partial charge in [0.15, 0.2) is 0 Å². The Morgan fingerprint density at radius 2 is 2.12 bits per heavy atom. The molecule has 2 aliphatic rings. The molecule has 0 aromatic heterocycles. The van der Waals surface area contributed by atoms with Crippen LogP contribution < -0.4 is 5.32 Å². The van der Waals surface area contributed by atoms with Crippen molar-refractivity contribution in [2.24, 2.45) is 0 Å². The van der Waals surface area contributed by atoms with Crippen molar-refractivity contribution >= 4 is 0 Å². The van der Waals surface area contributed by atoms with Crippen LogP contribution in [0.5, 0.6) is 0 Å². The third-order valence-corrected chi connectivity index (χ3v) is 4.10. The third-order valence-electron chi connectivity index (χ3n) is 4.10. The number of nitrogens with one attached hydrogen (secondary N) is 1. The van der Waals surface area contributed by atoms with Crippen molar-refractivity contribution in [3.63, 3.8) is 0 Å². The van der Waals surface area contributed by atoms with E-state index in [1.54, 1.807) is 0 Å². The second kappa shape index (κ2) is 5.68. The molecule has 0 saturated carbocycles. The summed E-state index contributed by atoms with van der Waals surface area (Å²) in [5.41, 5.74) is 0.107. The standard InChI is InChI=1S/C14H28N2O/c1-4-16(10-12-6-5-9-15-12)11-13-7-8-14(2,3)17-13/h12-13,15H,4-11H2,1-3H3. The lowest BCUT2D eigenvalue weighted by molar-refractivity contribution is -0.0287. The largest absolute Gasteiger partial charge is 0.371 e. The van der Waals surface area contributed by atoms with Crippen LogP contribution in [-0.2, 0) is 4.74 Å². The van der Waals surface area contributed by atoms with E-state index >= 15 is 0 Å². The Morgan fingerprint density at radius 1 is 1.29 bits per heavy atom. The van der Waals surface area contributed by atoms with E-state index in [4.69, 9.17) is 4.74 Å². The predicted molar refractivity (Wildman–Crippen MR) is 71.3 cm³/mol. The minimum atomic E-state index is 0.107. The first kappa shape index (κ1) is 13.3. The molecule has 0 spiro atoms. The lowest BCUT2D eigenvalue weighted by Gasteiger charge is -2.28. The van der Waals surface area contributed by atoms with Crippen LogP contribution >= 0.6 is 0 Å². The number of hydrogen-bond acceptors (Lipinski definition) is 3. The predicted octanol–water partition coefficient (Wildman–Crippen LogP) is 2.02. The van der Waals surface area contributed by atoms with Crippen molar-refractivity contribution in [2.75, 3.05) is 26.2 Å². The lowest BCUT2D eigenvalue weighted by Crippen LogP contribution is -2.41. The maximum absolute atomic E-state index is 6.08. The van der Waals surface area contributed by atoms with E-state index in [0.717, 1.165) is 13.1 Å². The zero-order valence-corrected chi connectivity index (χ0v) is 11.7. The van der Waals surface area contributed by atoms with Gasteiger partial charge in [-0.1, -0.05) is 6.92 Å². The van der Waals surface area contributed by atoms with Gasteiger partial charge in [0.05, 0.1) is 11.7 Å². The Bertz CT molecular complexity index is 236. The number of likely N-dealkylation sites (N-methyl/N-ethyl adjacent to an activating group) is 1. The van der Waals surface area contributed by atoms with Gasteiger partial charge < -0.3 is 10.1 Å². The maximum Gasteiger partial charge on any atom is 0.0710 e. The molecule has 2 saturated heterocycles. The molecule has 2 heterocycles. The summed E-state index contributed by atoms with van der Waals surface area (Å²) in [6.07, 6.45) is 5.56. The van der Waals surface area contributed by atoms with Crippen LogP contribution in [0.15, 0.2) is 0 Å². The fourth-order valence-electron chi connectivity index (χ4n) is 3.05.